The van der Waals surface area contributed by atoms with E-state index in [4.69, 9.17) is 4.74 Å². The van der Waals surface area contributed by atoms with Gasteiger partial charge in [0.2, 0.25) is 0 Å². The van der Waals surface area contributed by atoms with Crippen LogP contribution in [0.5, 0.6) is 5.75 Å². The third-order valence-electron chi connectivity index (χ3n) is 2.89. The number of rotatable bonds is 3. The molecule has 7 nitrogen and oxygen atoms in total. The number of hydrogen-bond donors (Lipinski definition) is 1. The number of imidazole rings is 1. The minimum absolute atomic E-state index is 0.119. The summed E-state index contributed by atoms with van der Waals surface area (Å²) in [4.78, 5) is 29.1. The average Bonchev–Trinajstić information content (AvgIpc) is 2.95. The third-order valence-corrected chi connectivity index (χ3v) is 2.89. The molecule has 1 heterocycles. The predicted molar refractivity (Wildman–Crippen MR) is 74.1 cm³/mol. The zero-order valence-corrected chi connectivity index (χ0v) is 10.6. The summed E-state index contributed by atoms with van der Waals surface area (Å²) in [5.41, 5.74) is 1.45. The summed E-state index contributed by atoms with van der Waals surface area (Å²) in [5, 5.41) is 10.7. The quantitative estimate of drug-likeness (QED) is 0.345. The van der Waals surface area contributed by atoms with Crippen LogP contribution in [-0.2, 0) is 0 Å². The Morgan fingerprint density at radius 2 is 2.10 bits per heavy atom. The molecule has 0 bridgehead atoms. The molecule has 21 heavy (non-hydrogen) atoms. The van der Waals surface area contributed by atoms with E-state index < -0.39 is 10.9 Å². The van der Waals surface area contributed by atoms with Crippen molar-refractivity contribution in [2.45, 2.75) is 0 Å². The highest BCUT2D eigenvalue weighted by molar-refractivity contribution is 5.92. The Labute approximate surface area is 118 Å². The summed E-state index contributed by atoms with van der Waals surface area (Å²) in [7, 11) is 0. The Morgan fingerprint density at radius 1 is 1.24 bits per heavy atom. The molecule has 7 heteroatoms. The number of hydrogen-bond acceptors (Lipinski definition) is 5. The molecule has 3 rings (SSSR count). The normalized spacial score (nSPS) is 10.5. The number of non-ortho nitro benzene ring substituents is 1. The van der Waals surface area contributed by atoms with Crippen molar-refractivity contribution >= 4 is 22.7 Å². The third kappa shape index (κ3) is 2.57. The molecule has 104 valence electrons. The molecule has 0 saturated carbocycles. The number of aromatic nitrogens is 2. The van der Waals surface area contributed by atoms with Gasteiger partial charge in [0.15, 0.2) is 0 Å². The molecular weight excluding hydrogens is 274 g/mol. The van der Waals surface area contributed by atoms with Crippen molar-refractivity contribution in [2.75, 3.05) is 0 Å². The zero-order chi connectivity index (χ0) is 14.8. The SMILES string of the molecule is O=C(Oc1ccc2nc[nH]c2c1)c1cccc([N+](=O)[O-])c1. The van der Waals surface area contributed by atoms with Crippen LogP contribution in [0.4, 0.5) is 5.69 Å². The number of nitro benzene ring substituents is 1. The summed E-state index contributed by atoms with van der Waals surface area (Å²) < 4.78 is 5.20. The summed E-state index contributed by atoms with van der Waals surface area (Å²) >= 11 is 0. The highest BCUT2D eigenvalue weighted by Crippen LogP contribution is 2.20. The topological polar surface area (TPSA) is 98.1 Å². The Morgan fingerprint density at radius 3 is 2.90 bits per heavy atom. The molecule has 0 fully saturated rings. The molecule has 0 aliphatic carbocycles. The number of H-pyrrole nitrogens is 1. The number of benzene rings is 2. The number of esters is 1. The lowest BCUT2D eigenvalue weighted by Gasteiger charge is -2.04. The van der Waals surface area contributed by atoms with Crippen molar-refractivity contribution < 1.29 is 14.5 Å². The number of carbonyl (C=O) groups is 1. The first-order chi connectivity index (χ1) is 10.1. The van der Waals surface area contributed by atoms with Gasteiger partial charge in [-0.2, -0.15) is 0 Å². The van der Waals surface area contributed by atoms with Crippen LogP contribution in [0.2, 0.25) is 0 Å². The summed E-state index contributed by atoms with van der Waals surface area (Å²) in [6.07, 6.45) is 1.54. The van der Waals surface area contributed by atoms with Crippen LogP contribution in [0, 0.1) is 10.1 Å². The van der Waals surface area contributed by atoms with Gasteiger partial charge in [0, 0.05) is 18.2 Å². The van der Waals surface area contributed by atoms with E-state index in [1.165, 1.54) is 30.6 Å². The molecule has 0 aliphatic rings. The van der Waals surface area contributed by atoms with Crippen LogP contribution in [0.25, 0.3) is 11.0 Å². The monoisotopic (exact) mass is 283 g/mol. The largest absolute Gasteiger partial charge is 0.423 e. The molecular formula is C14H9N3O4. The second-order valence-electron chi connectivity index (χ2n) is 4.28. The van der Waals surface area contributed by atoms with Gasteiger partial charge >= 0.3 is 5.97 Å². The number of carbonyl (C=O) groups excluding carboxylic acids is 1. The second-order valence-corrected chi connectivity index (χ2v) is 4.28. The van der Waals surface area contributed by atoms with Gasteiger partial charge in [-0.25, -0.2) is 9.78 Å². The molecule has 1 aromatic heterocycles. The molecule has 0 atom stereocenters. The molecule has 0 radical (unpaired) electrons. The van der Waals surface area contributed by atoms with Crippen LogP contribution in [0.15, 0.2) is 48.8 Å². The standard InChI is InChI=1S/C14H9N3O4/c18-14(9-2-1-3-10(6-9)17(19)20)21-11-4-5-12-13(7-11)16-8-15-12/h1-8H,(H,15,16). The number of aromatic amines is 1. The van der Waals surface area contributed by atoms with E-state index in [2.05, 4.69) is 9.97 Å². The fourth-order valence-corrected chi connectivity index (χ4v) is 1.89. The van der Waals surface area contributed by atoms with Gasteiger partial charge in [0.1, 0.15) is 5.75 Å². The maximum absolute atomic E-state index is 12.0. The van der Waals surface area contributed by atoms with Crippen LogP contribution in [0.1, 0.15) is 10.4 Å². The Hall–Kier alpha value is -3.22. The number of ether oxygens (including phenoxy) is 1. The summed E-state index contributed by atoms with van der Waals surface area (Å²) in [5.74, 6) is -0.319. The van der Waals surface area contributed by atoms with Crippen molar-refractivity contribution in [3.05, 3.63) is 64.5 Å². The van der Waals surface area contributed by atoms with E-state index in [-0.39, 0.29) is 11.3 Å². The van der Waals surface area contributed by atoms with Gasteiger partial charge in [-0.1, -0.05) is 6.07 Å². The van der Waals surface area contributed by atoms with Crippen molar-refractivity contribution in [1.29, 1.82) is 0 Å². The second kappa shape index (κ2) is 5.04. The van der Waals surface area contributed by atoms with E-state index in [1.54, 1.807) is 18.2 Å². The van der Waals surface area contributed by atoms with Crippen LogP contribution in [-0.4, -0.2) is 20.9 Å². The Bertz CT molecular complexity index is 841. The number of nitro groups is 1. The minimum Gasteiger partial charge on any atom is -0.423 e. The first-order valence-corrected chi connectivity index (χ1v) is 6.03. The molecule has 2 aromatic carbocycles. The van der Waals surface area contributed by atoms with E-state index in [0.29, 0.717) is 5.75 Å². The van der Waals surface area contributed by atoms with E-state index >= 15 is 0 Å². The smallest absolute Gasteiger partial charge is 0.343 e. The molecule has 0 saturated heterocycles. The fourth-order valence-electron chi connectivity index (χ4n) is 1.89. The maximum atomic E-state index is 12.0. The molecule has 0 amide bonds. The lowest BCUT2D eigenvalue weighted by molar-refractivity contribution is -0.384. The van der Waals surface area contributed by atoms with E-state index in [1.807, 2.05) is 0 Å². The Kier molecular flexibility index (Phi) is 3.07. The van der Waals surface area contributed by atoms with Gasteiger partial charge < -0.3 is 9.72 Å². The van der Waals surface area contributed by atoms with Crippen molar-refractivity contribution in [3.8, 4) is 5.75 Å². The lowest BCUT2D eigenvalue weighted by atomic mass is 10.2. The first kappa shape index (κ1) is 12.8. The first-order valence-electron chi connectivity index (χ1n) is 6.03. The van der Waals surface area contributed by atoms with Crippen molar-refractivity contribution in [3.63, 3.8) is 0 Å². The highest BCUT2D eigenvalue weighted by Gasteiger charge is 2.13. The molecule has 1 N–H and O–H groups in total. The zero-order valence-electron chi connectivity index (χ0n) is 10.6. The van der Waals surface area contributed by atoms with Crippen molar-refractivity contribution in [2.24, 2.45) is 0 Å². The maximum Gasteiger partial charge on any atom is 0.343 e. The number of fused-ring (bicyclic) bond motifs is 1. The van der Waals surface area contributed by atoms with Crippen LogP contribution >= 0.6 is 0 Å². The fraction of sp³-hybridized carbons (Fsp3) is 0. The molecule has 0 spiro atoms. The van der Waals surface area contributed by atoms with E-state index in [9.17, 15) is 14.9 Å². The molecule has 0 unspecified atom stereocenters. The number of nitrogens with one attached hydrogen (secondary N) is 1. The van der Waals surface area contributed by atoms with Gasteiger partial charge in [0.05, 0.1) is 27.8 Å². The number of nitrogens with zero attached hydrogens (tertiary/aromatic N) is 2. The average molecular weight is 283 g/mol. The summed E-state index contributed by atoms with van der Waals surface area (Å²) in [6.45, 7) is 0. The van der Waals surface area contributed by atoms with Crippen LogP contribution < -0.4 is 4.74 Å². The summed E-state index contributed by atoms with van der Waals surface area (Å²) in [6, 6.07) is 10.3. The molecule has 0 aliphatic heterocycles. The minimum atomic E-state index is -0.655. The Balaban J connectivity index is 1.85. The predicted octanol–water partition coefficient (Wildman–Crippen LogP) is 2.69. The van der Waals surface area contributed by atoms with Gasteiger partial charge in [-0.05, 0) is 18.2 Å². The van der Waals surface area contributed by atoms with Gasteiger partial charge in [-0.15, -0.1) is 0 Å². The van der Waals surface area contributed by atoms with Gasteiger partial charge in [0.25, 0.3) is 5.69 Å². The lowest BCUT2D eigenvalue weighted by Crippen LogP contribution is -2.08. The molecule has 3 aromatic rings. The van der Waals surface area contributed by atoms with Crippen LogP contribution in [0.3, 0.4) is 0 Å². The highest BCUT2D eigenvalue weighted by atomic mass is 16.6. The van der Waals surface area contributed by atoms with E-state index in [0.717, 1.165) is 11.0 Å². The van der Waals surface area contributed by atoms with Crippen molar-refractivity contribution in [1.82, 2.24) is 9.97 Å². The van der Waals surface area contributed by atoms with Gasteiger partial charge in [-0.3, -0.25) is 10.1 Å².